The summed E-state index contributed by atoms with van der Waals surface area (Å²) in [4.78, 5) is 62.0. The fourth-order valence-electron chi connectivity index (χ4n) is 5.47. The van der Waals surface area contributed by atoms with Crippen molar-refractivity contribution in [2.24, 2.45) is 4.99 Å². The quantitative estimate of drug-likeness (QED) is 0.128. The third kappa shape index (κ3) is 14.7. The van der Waals surface area contributed by atoms with Crippen molar-refractivity contribution in [1.29, 1.82) is 0 Å². The van der Waals surface area contributed by atoms with Gasteiger partial charge in [-0.15, -0.1) is 0 Å². The van der Waals surface area contributed by atoms with E-state index in [1.165, 1.54) is 0 Å². The molecule has 2 aliphatic heterocycles. The van der Waals surface area contributed by atoms with Crippen LogP contribution in [0.2, 0.25) is 0 Å². The molecule has 5 N–H and O–H groups in total. The number of hydrogen-bond acceptors (Lipinski definition) is 10. The van der Waals surface area contributed by atoms with E-state index >= 15 is 0 Å². The Kier molecular flexibility index (Phi) is 14.1. The topological polar surface area (TPSA) is 195 Å². The van der Waals surface area contributed by atoms with Crippen molar-refractivity contribution >= 4 is 52.8 Å². The molecule has 2 saturated heterocycles. The highest BCUT2D eigenvalue weighted by Crippen LogP contribution is 2.59. The summed E-state index contributed by atoms with van der Waals surface area (Å²) in [7, 11) is -16.6. The van der Waals surface area contributed by atoms with Crippen LogP contribution in [0.3, 0.4) is 0 Å². The molecule has 0 amide bonds. The van der Waals surface area contributed by atoms with Gasteiger partial charge in [0.15, 0.2) is 0 Å². The molecule has 0 spiro atoms. The van der Waals surface area contributed by atoms with E-state index in [0.29, 0.717) is 76.5 Å². The summed E-state index contributed by atoms with van der Waals surface area (Å²) in [6.45, 7) is 6.21. The van der Waals surface area contributed by atoms with Crippen molar-refractivity contribution in [3.63, 3.8) is 0 Å². The summed E-state index contributed by atoms with van der Waals surface area (Å²) in [5.74, 6) is -1.70. The molecular weight excluding hydrogens is 658 g/mol. The molecule has 5 atom stereocenters. The van der Waals surface area contributed by atoms with Crippen LogP contribution in [-0.4, -0.2) is 139 Å². The Hall–Kier alpha value is -0.420. The van der Waals surface area contributed by atoms with Gasteiger partial charge in [-0.25, -0.2) is 0 Å². The molecule has 3 rings (SSSR count). The van der Waals surface area contributed by atoms with Gasteiger partial charge in [-0.2, -0.15) is 4.99 Å². The molecule has 0 radical (unpaired) electrons. The first-order chi connectivity index (χ1) is 20.0. The summed E-state index contributed by atoms with van der Waals surface area (Å²) in [5.41, 5.74) is 1.13. The van der Waals surface area contributed by atoms with Gasteiger partial charge in [0, 0.05) is 39.3 Å². The normalized spacial score (nSPS) is 25.9. The van der Waals surface area contributed by atoms with Crippen LogP contribution in [0.25, 0.3) is 0 Å². The lowest BCUT2D eigenvalue weighted by Crippen LogP contribution is -2.47. The van der Waals surface area contributed by atoms with Crippen LogP contribution >= 0.6 is 41.9 Å². The Balaban J connectivity index is 1.58. The molecule has 2 fully saturated rings. The zero-order valence-electron chi connectivity index (χ0n) is 24.1. The molecule has 244 valence electrons. The van der Waals surface area contributed by atoms with Gasteiger partial charge in [-0.05, 0) is 68.9 Å². The first-order valence-corrected chi connectivity index (χ1v) is 22.4. The molecule has 0 aliphatic carbocycles. The van der Waals surface area contributed by atoms with Gasteiger partial charge in [0.05, 0.1) is 29.6 Å². The predicted molar refractivity (Wildman–Crippen MR) is 171 cm³/mol. The molecule has 14 nitrogen and oxygen atoms in total. The van der Waals surface area contributed by atoms with E-state index in [1.54, 1.807) is 24.3 Å². The zero-order chi connectivity index (χ0) is 31.7. The standard InChI is InChI=1S/C24H43N5O9P4S/c30-39(31,17-23-3-5-24(6-4-23)25-18-43)21-40(32,33)19-28-9-1-7-27-12-11-26(13-15-28)8-2-10-29(16-14-27)20-41(34,35)22-42(36,37)38/h3-6H,1-2,7-17,19-22H2,(H,30,31)(H,32,33)(H,34,35)(H2,36,37,38). The van der Waals surface area contributed by atoms with E-state index in [1.807, 2.05) is 9.80 Å². The fraction of sp³-hybridized carbons (Fsp3) is 0.708. The fourth-order valence-corrected chi connectivity index (χ4v) is 14.4. The number of hydrogen-bond donors (Lipinski definition) is 5. The number of isothiocyanates is 1. The van der Waals surface area contributed by atoms with Crippen molar-refractivity contribution in [1.82, 2.24) is 19.6 Å². The monoisotopic (exact) mass is 701 g/mol. The van der Waals surface area contributed by atoms with Crippen LogP contribution < -0.4 is 0 Å². The summed E-state index contributed by atoms with van der Waals surface area (Å²) < 4.78 is 50.0. The van der Waals surface area contributed by atoms with Gasteiger partial charge in [-0.3, -0.25) is 28.1 Å². The van der Waals surface area contributed by atoms with Gasteiger partial charge in [-0.1, -0.05) is 12.1 Å². The summed E-state index contributed by atoms with van der Waals surface area (Å²) in [5, 5.41) is 2.26. The van der Waals surface area contributed by atoms with Crippen molar-refractivity contribution in [2.75, 3.05) is 89.8 Å². The largest absolute Gasteiger partial charge is 0.344 e. The Labute approximate surface area is 258 Å². The van der Waals surface area contributed by atoms with E-state index in [4.69, 9.17) is 0 Å². The molecular formula is C24H43N5O9P4S. The molecule has 43 heavy (non-hydrogen) atoms. The second-order valence-corrected chi connectivity index (χ2v) is 21.2. The third-order valence-electron chi connectivity index (χ3n) is 7.32. The molecule has 19 heteroatoms. The van der Waals surface area contributed by atoms with Gasteiger partial charge in [0.2, 0.25) is 22.1 Å². The molecule has 1 aromatic carbocycles. The number of rotatable bonds is 11. The third-order valence-corrected chi connectivity index (χ3v) is 16.7. The smallest absolute Gasteiger partial charge is 0.335 e. The lowest BCUT2D eigenvalue weighted by atomic mass is 10.2. The maximum atomic E-state index is 13.2. The van der Waals surface area contributed by atoms with Crippen molar-refractivity contribution in [2.45, 2.75) is 19.0 Å². The summed E-state index contributed by atoms with van der Waals surface area (Å²) in [6, 6.07) is 6.56. The first-order valence-electron chi connectivity index (χ1n) is 14.1. The Morgan fingerprint density at radius 2 is 1.12 bits per heavy atom. The lowest BCUT2D eigenvalue weighted by Gasteiger charge is -2.36. The molecule has 1 aromatic rings. The number of benzene rings is 1. The summed E-state index contributed by atoms with van der Waals surface area (Å²) >= 11 is 4.58. The van der Waals surface area contributed by atoms with Crippen LogP contribution in [0.1, 0.15) is 18.4 Å². The van der Waals surface area contributed by atoms with Crippen LogP contribution in [0.4, 0.5) is 5.69 Å². The molecule has 2 heterocycles. The minimum atomic E-state index is -4.62. The maximum absolute atomic E-state index is 13.2. The second-order valence-electron chi connectivity index (χ2n) is 11.4. The molecule has 5 unspecified atom stereocenters. The van der Waals surface area contributed by atoms with Crippen LogP contribution in [0.5, 0.6) is 0 Å². The van der Waals surface area contributed by atoms with E-state index < -0.39 is 41.5 Å². The van der Waals surface area contributed by atoms with E-state index in [-0.39, 0.29) is 18.7 Å². The number of nitrogens with zero attached hydrogens (tertiary/aromatic N) is 5. The average molecular weight is 702 g/mol. The number of aliphatic imine (C=N–C) groups is 1. The van der Waals surface area contributed by atoms with Gasteiger partial charge in [0.1, 0.15) is 11.8 Å². The zero-order valence-corrected chi connectivity index (χ0v) is 28.5. The van der Waals surface area contributed by atoms with E-state index in [0.717, 1.165) is 13.1 Å². The van der Waals surface area contributed by atoms with Gasteiger partial charge < -0.3 is 34.3 Å². The highest BCUT2D eigenvalue weighted by molar-refractivity contribution is 7.78. The van der Waals surface area contributed by atoms with E-state index in [2.05, 4.69) is 32.2 Å². The predicted octanol–water partition coefficient (Wildman–Crippen LogP) is 2.76. The Bertz CT molecular complexity index is 1310. The van der Waals surface area contributed by atoms with Crippen molar-refractivity contribution in [3.05, 3.63) is 29.8 Å². The Morgan fingerprint density at radius 3 is 1.58 bits per heavy atom. The van der Waals surface area contributed by atoms with Gasteiger partial charge >= 0.3 is 7.60 Å². The summed E-state index contributed by atoms with van der Waals surface area (Å²) in [6.07, 6.45) is 0.718. The Morgan fingerprint density at radius 1 is 0.651 bits per heavy atom. The van der Waals surface area contributed by atoms with Crippen molar-refractivity contribution < 1.29 is 42.7 Å². The van der Waals surface area contributed by atoms with Crippen LogP contribution in [-0.2, 0) is 24.4 Å². The lowest BCUT2D eigenvalue weighted by molar-refractivity contribution is 0.129. The minimum Gasteiger partial charge on any atom is -0.344 e. The maximum Gasteiger partial charge on any atom is 0.335 e. The second kappa shape index (κ2) is 16.4. The van der Waals surface area contributed by atoms with Crippen LogP contribution in [0.15, 0.2) is 29.3 Å². The molecule has 0 aromatic heterocycles. The molecule has 0 saturated carbocycles. The highest BCUT2D eigenvalue weighted by Gasteiger charge is 2.34. The highest BCUT2D eigenvalue weighted by atomic mass is 32.1. The van der Waals surface area contributed by atoms with Crippen LogP contribution in [0, 0.1) is 0 Å². The average Bonchev–Trinajstić information content (AvgIpc) is 2.86. The molecule has 2 aliphatic rings. The van der Waals surface area contributed by atoms with E-state index in [9.17, 15) is 42.7 Å². The van der Waals surface area contributed by atoms with Gasteiger partial charge in [0.25, 0.3) is 0 Å². The van der Waals surface area contributed by atoms with Crippen molar-refractivity contribution in [3.8, 4) is 0 Å². The SMILES string of the molecule is O=P(O)(O)CP(=O)(O)CN1CCCN2CCN(CCCN(CP(=O)(O)CP(=O)(O)Cc3ccc(N=C=S)cc3)CC2)CC1. The minimum absolute atomic E-state index is 0.174. The molecule has 2 bridgehead atoms. The number of fused-ring (bicyclic) bond motifs is 3. The number of thiocarbonyl (C=S) groups is 1. The first kappa shape index (κ1) is 37.0.